The number of aromatic nitrogens is 1. The maximum Gasteiger partial charge on any atom is 0.303 e. The number of ether oxygens (including phenoxy) is 2. The topological polar surface area (TPSA) is 31.4 Å². The first-order valence-corrected chi connectivity index (χ1v) is 15.6. The second-order valence-corrected chi connectivity index (χ2v) is 11.3. The lowest BCUT2D eigenvalue weighted by Gasteiger charge is -2.33. The van der Waals surface area contributed by atoms with Gasteiger partial charge in [0.25, 0.3) is 0 Å². The highest BCUT2D eigenvalue weighted by Gasteiger charge is 2.49. The average molecular weight is 602 g/mol. The van der Waals surface area contributed by atoms with Gasteiger partial charge in [-0.3, -0.25) is 0 Å². The van der Waals surface area contributed by atoms with E-state index in [4.69, 9.17) is 9.47 Å². The van der Waals surface area contributed by atoms with Crippen LogP contribution in [0.25, 0.3) is 11.3 Å². The van der Waals surface area contributed by atoms with E-state index in [-0.39, 0.29) is 41.6 Å². The number of aryl methyl sites for hydroxylation is 2. The molecule has 0 amide bonds. The van der Waals surface area contributed by atoms with Gasteiger partial charge in [0, 0.05) is 18.8 Å². The van der Waals surface area contributed by atoms with E-state index < -0.39 is 48.0 Å². The lowest BCUT2D eigenvalue weighted by atomic mass is 9.86. The van der Waals surface area contributed by atoms with Crippen LogP contribution >= 0.6 is 0 Å². The third kappa shape index (κ3) is 9.43. The van der Waals surface area contributed by atoms with E-state index in [1.54, 1.807) is 0 Å². The Hall–Kier alpha value is -2.13. The Balaban J connectivity index is 1.61. The van der Waals surface area contributed by atoms with Gasteiger partial charge >= 0.3 is 5.92 Å². The van der Waals surface area contributed by atoms with E-state index in [9.17, 15) is 8.78 Å². The quantitative estimate of drug-likeness (QED) is 0.0913. The number of hydrogen-bond donors (Lipinski definition) is 0. The average Bonchev–Trinajstić information content (AvgIpc) is 2.95. The van der Waals surface area contributed by atoms with Crippen molar-refractivity contribution in [2.24, 2.45) is 0 Å². The molecule has 236 valence electrons. The van der Waals surface area contributed by atoms with E-state index >= 15 is 17.6 Å². The number of hydrogen-bond acceptors (Lipinski definition) is 3. The Morgan fingerprint density at radius 2 is 1.60 bits per heavy atom. The van der Waals surface area contributed by atoms with Gasteiger partial charge in [-0.15, -0.1) is 0 Å². The van der Waals surface area contributed by atoms with Gasteiger partial charge in [-0.25, -0.2) is 18.2 Å². The highest BCUT2D eigenvalue weighted by atomic mass is 19.3. The molecule has 3 rings (SSSR count). The number of alkyl halides is 3. The Kier molecular flexibility index (Phi) is 14.1. The van der Waals surface area contributed by atoms with Crippen LogP contribution in [-0.2, 0) is 28.2 Å². The zero-order valence-electron chi connectivity index (χ0n) is 24.9. The number of rotatable bonds is 19. The van der Waals surface area contributed by atoms with Crippen LogP contribution in [0.1, 0.15) is 108 Å². The van der Waals surface area contributed by atoms with Crippen LogP contribution in [-0.4, -0.2) is 37.1 Å². The van der Waals surface area contributed by atoms with Crippen LogP contribution < -0.4 is 0 Å². The van der Waals surface area contributed by atoms with Crippen molar-refractivity contribution in [2.75, 3.05) is 19.8 Å². The molecule has 1 aliphatic rings. The molecule has 0 N–H and O–H groups in total. The van der Waals surface area contributed by atoms with Gasteiger partial charge in [0.15, 0.2) is 11.6 Å². The van der Waals surface area contributed by atoms with Gasteiger partial charge in [-0.1, -0.05) is 64.9 Å². The molecule has 2 aromatic rings. The molecule has 0 saturated carbocycles. The van der Waals surface area contributed by atoms with Crippen molar-refractivity contribution in [1.82, 2.24) is 4.98 Å². The summed E-state index contributed by atoms with van der Waals surface area (Å²) < 4.78 is 100. The van der Waals surface area contributed by atoms with Gasteiger partial charge in [0.05, 0.1) is 17.9 Å². The molecule has 0 aliphatic heterocycles. The van der Waals surface area contributed by atoms with Crippen LogP contribution in [0.4, 0.5) is 26.3 Å². The normalized spacial score (nSPS) is 16.9. The van der Waals surface area contributed by atoms with Crippen LogP contribution in [0.3, 0.4) is 0 Å². The Morgan fingerprint density at radius 1 is 0.905 bits per heavy atom. The summed E-state index contributed by atoms with van der Waals surface area (Å²) in [4.78, 5) is 3.60. The molecule has 2 atom stereocenters. The maximum absolute atomic E-state index is 15.3. The molecule has 0 bridgehead atoms. The molecule has 2 unspecified atom stereocenters. The van der Waals surface area contributed by atoms with Crippen molar-refractivity contribution in [3.63, 3.8) is 0 Å². The Labute approximate surface area is 246 Å². The molecular weight excluding hydrogens is 556 g/mol. The summed E-state index contributed by atoms with van der Waals surface area (Å²) in [7, 11) is 0. The van der Waals surface area contributed by atoms with Crippen molar-refractivity contribution in [2.45, 2.75) is 122 Å². The lowest BCUT2D eigenvalue weighted by Crippen LogP contribution is -2.40. The SMILES string of the molecule is CCCCCCC(F)COC1CCc2cc(-c3ccc(CCCCCOCCCCC)c(F)c3F)nc(F)c2C1(F)F. The third-order valence-electron chi connectivity index (χ3n) is 7.88. The number of unbranched alkanes of at least 4 members (excludes halogenated alkanes) is 7. The standard InChI is InChI=1S/C33H45F6NO2/c1-3-5-7-10-14-25(34)22-42-28-18-16-24-21-27(40-32(37)29(24)33(28,38)39)26-17-15-23(30(35)31(26)36)13-9-8-12-20-41-19-11-6-4-2/h15,17,21,25,28H,3-14,16,18-20,22H2,1-2H3. The zero-order valence-corrected chi connectivity index (χ0v) is 24.9. The highest BCUT2D eigenvalue weighted by Crippen LogP contribution is 2.44. The van der Waals surface area contributed by atoms with Crippen molar-refractivity contribution in [3.8, 4) is 11.3 Å². The first kappa shape index (κ1) is 34.4. The van der Waals surface area contributed by atoms with Crippen LogP contribution in [0.15, 0.2) is 18.2 Å². The summed E-state index contributed by atoms with van der Waals surface area (Å²) in [5.74, 6) is -7.43. The molecule has 1 aromatic carbocycles. The molecule has 0 fully saturated rings. The van der Waals surface area contributed by atoms with Gasteiger partial charge in [0.2, 0.25) is 5.95 Å². The molecule has 1 aromatic heterocycles. The predicted molar refractivity (Wildman–Crippen MR) is 153 cm³/mol. The van der Waals surface area contributed by atoms with Crippen molar-refractivity contribution >= 4 is 0 Å². The minimum absolute atomic E-state index is 0.0139. The van der Waals surface area contributed by atoms with E-state index in [0.29, 0.717) is 25.9 Å². The van der Waals surface area contributed by atoms with Crippen LogP contribution in [0.2, 0.25) is 0 Å². The number of halogens is 6. The number of benzene rings is 1. The Bertz CT molecular complexity index is 1110. The fourth-order valence-corrected chi connectivity index (χ4v) is 5.40. The molecule has 42 heavy (non-hydrogen) atoms. The predicted octanol–water partition coefficient (Wildman–Crippen LogP) is 9.82. The zero-order chi connectivity index (χ0) is 30.5. The second kappa shape index (κ2) is 17.2. The van der Waals surface area contributed by atoms with Crippen molar-refractivity contribution < 1.29 is 35.8 Å². The molecule has 1 heterocycles. The second-order valence-electron chi connectivity index (χ2n) is 11.3. The van der Waals surface area contributed by atoms with E-state index in [1.807, 2.05) is 6.92 Å². The summed E-state index contributed by atoms with van der Waals surface area (Å²) in [5.41, 5.74) is -1.31. The minimum atomic E-state index is -3.74. The monoisotopic (exact) mass is 601 g/mol. The van der Waals surface area contributed by atoms with Gasteiger partial charge < -0.3 is 9.47 Å². The maximum atomic E-state index is 15.3. The van der Waals surface area contributed by atoms with Crippen molar-refractivity contribution in [1.29, 1.82) is 0 Å². The molecule has 1 aliphatic carbocycles. The molecule has 0 spiro atoms. The third-order valence-corrected chi connectivity index (χ3v) is 7.88. The minimum Gasteiger partial charge on any atom is -0.381 e. The van der Waals surface area contributed by atoms with Gasteiger partial charge in [0.1, 0.15) is 12.3 Å². The summed E-state index contributed by atoms with van der Waals surface area (Å²) in [6.45, 7) is 5.05. The van der Waals surface area contributed by atoms with Gasteiger partial charge in [-0.05, 0) is 68.2 Å². The number of nitrogens with zero attached hydrogens (tertiary/aromatic N) is 1. The Morgan fingerprint density at radius 3 is 2.33 bits per heavy atom. The van der Waals surface area contributed by atoms with Crippen LogP contribution in [0.5, 0.6) is 0 Å². The number of pyridine rings is 1. The van der Waals surface area contributed by atoms with Crippen molar-refractivity contribution in [3.05, 3.63) is 52.5 Å². The van der Waals surface area contributed by atoms with Gasteiger partial charge in [-0.2, -0.15) is 13.2 Å². The largest absolute Gasteiger partial charge is 0.381 e. The highest BCUT2D eigenvalue weighted by molar-refractivity contribution is 5.62. The summed E-state index contributed by atoms with van der Waals surface area (Å²) >= 11 is 0. The summed E-state index contributed by atoms with van der Waals surface area (Å²) in [6, 6.07) is 3.93. The van der Waals surface area contributed by atoms with Crippen LogP contribution in [0, 0.1) is 17.6 Å². The lowest BCUT2D eigenvalue weighted by molar-refractivity contribution is -0.160. The van der Waals surface area contributed by atoms with E-state index in [2.05, 4.69) is 11.9 Å². The first-order chi connectivity index (χ1) is 20.2. The molecular formula is C33H45F6NO2. The molecule has 3 nitrogen and oxygen atoms in total. The summed E-state index contributed by atoms with van der Waals surface area (Å²) in [6.07, 6.45) is 6.44. The molecule has 0 radical (unpaired) electrons. The number of fused-ring (bicyclic) bond motifs is 1. The first-order valence-electron chi connectivity index (χ1n) is 15.6. The smallest absolute Gasteiger partial charge is 0.303 e. The molecule has 0 saturated heterocycles. The summed E-state index contributed by atoms with van der Waals surface area (Å²) in [5, 5.41) is 0. The van der Waals surface area contributed by atoms with E-state index in [0.717, 1.165) is 58.0 Å². The van der Waals surface area contributed by atoms with E-state index in [1.165, 1.54) is 18.2 Å². The fraction of sp³-hybridized carbons (Fsp3) is 0.667. The molecule has 9 heteroatoms. The fourth-order valence-electron chi connectivity index (χ4n) is 5.40.